The van der Waals surface area contributed by atoms with Crippen LogP contribution in [-0.4, -0.2) is 10.9 Å². The van der Waals surface area contributed by atoms with Gasteiger partial charge in [0.1, 0.15) is 0 Å². The Hall–Kier alpha value is -2.04. The van der Waals surface area contributed by atoms with Gasteiger partial charge in [0.05, 0.1) is 11.1 Å². The van der Waals surface area contributed by atoms with E-state index in [1.54, 1.807) is 6.92 Å². The SMILES string of the molecule is CCn1cc(C=O)c(=O)c2cc(F)c(F)cc21. The Labute approximate surface area is 95.3 Å². The molecule has 1 aromatic heterocycles. The first-order valence-corrected chi connectivity index (χ1v) is 5.05. The maximum Gasteiger partial charge on any atom is 0.199 e. The topological polar surface area (TPSA) is 39.1 Å². The second kappa shape index (κ2) is 4.08. The summed E-state index contributed by atoms with van der Waals surface area (Å²) in [6.45, 7) is 2.22. The fourth-order valence-electron chi connectivity index (χ4n) is 1.75. The molecule has 5 heteroatoms. The Morgan fingerprint density at radius 2 is 1.94 bits per heavy atom. The van der Waals surface area contributed by atoms with Crippen LogP contribution in [0.1, 0.15) is 17.3 Å². The summed E-state index contributed by atoms with van der Waals surface area (Å²) < 4.78 is 27.7. The summed E-state index contributed by atoms with van der Waals surface area (Å²) in [5.74, 6) is -2.11. The highest BCUT2D eigenvalue weighted by atomic mass is 19.2. The number of aryl methyl sites for hydroxylation is 1. The molecule has 0 radical (unpaired) electrons. The quantitative estimate of drug-likeness (QED) is 0.750. The van der Waals surface area contributed by atoms with Gasteiger partial charge in [-0.25, -0.2) is 8.78 Å². The average molecular weight is 237 g/mol. The van der Waals surface area contributed by atoms with Crippen molar-refractivity contribution in [1.29, 1.82) is 0 Å². The number of hydrogen-bond acceptors (Lipinski definition) is 2. The van der Waals surface area contributed by atoms with Crippen molar-refractivity contribution in [3.05, 3.63) is 45.8 Å². The molecule has 0 atom stereocenters. The minimum absolute atomic E-state index is 0.00958. The van der Waals surface area contributed by atoms with E-state index < -0.39 is 17.1 Å². The third-order valence-electron chi connectivity index (χ3n) is 2.62. The van der Waals surface area contributed by atoms with E-state index in [4.69, 9.17) is 0 Å². The molecule has 3 nitrogen and oxygen atoms in total. The lowest BCUT2D eigenvalue weighted by atomic mass is 10.1. The van der Waals surface area contributed by atoms with Crippen LogP contribution in [0.15, 0.2) is 23.1 Å². The standard InChI is InChI=1S/C12H9F2NO2/c1-2-15-5-7(6-16)12(17)8-3-9(13)10(14)4-11(8)15/h3-6H,2H2,1H3. The van der Waals surface area contributed by atoms with Gasteiger partial charge in [-0.05, 0) is 13.0 Å². The second-order valence-electron chi connectivity index (χ2n) is 3.60. The molecule has 1 aromatic carbocycles. The van der Waals surface area contributed by atoms with E-state index in [9.17, 15) is 18.4 Å². The first kappa shape index (κ1) is 11.4. The molecule has 2 aromatic rings. The van der Waals surface area contributed by atoms with Crippen LogP contribution in [-0.2, 0) is 6.54 Å². The molecule has 0 saturated heterocycles. The highest BCUT2D eigenvalue weighted by Crippen LogP contribution is 2.16. The van der Waals surface area contributed by atoms with E-state index >= 15 is 0 Å². The number of halogens is 2. The van der Waals surface area contributed by atoms with Crippen LogP contribution in [0.5, 0.6) is 0 Å². The van der Waals surface area contributed by atoms with E-state index in [1.807, 2.05) is 0 Å². The molecule has 88 valence electrons. The maximum absolute atomic E-state index is 13.1. The number of carbonyl (C=O) groups excluding carboxylic acids is 1. The van der Waals surface area contributed by atoms with Crippen LogP contribution < -0.4 is 5.43 Å². The number of pyridine rings is 1. The van der Waals surface area contributed by atoms with E-state index in [0.29, 0.717) is 12.8 Å². The summed E-state index contributed by atoms with van der Waals surface area (Å²) in [7, 11) is 0. The molecular formula is C12H9F2NO2. The molecule has 1 heterocycles. The van der Waals surface area contributed by atoms with Crippen molar-refractivity contribution >= 4 is 17.2 Å². The average Bonchev–Trinajstić information content (AvgIpc) is 2.32. The van der Waals surface area contributed by atoms with Gasteiger partial charge in [-0.1, -0.05) is 0 Å². The van der Waals surface area contributed by atoms with Crippen LogP contribution >= 0.6 is 0 Å². The highest BCUT2D eigenvalue weighted by molar-refractivity contribution is 5.86. The Kier molecular flexibility index (Phi) is 2.75. The van der Waals surface area contributed by atoms with Crippen molar-refractivity contribution in [3.63, 3.8) is 0 Å². The normalized spacial score (nSPS) is 10.8. The molecule has 0 unspecified atom stereocenters. The third kappa shape index (κ3) is 1.73. The summed E-state index contributed by atoms with van der Waals surface area (Å²) in [4.78, 5) is 22.5. The molecule has 0 bridgehead atoms. The summed E-state index contributed by atoms with van der Waals surface area (Å²) in [6.07, 6.45) is 1.75. The molecule has 0 fully saturated rings. The molecule has 0 aliphatic carbocycles. The van der Waals surface area contributed by atoms with Crippen LogP contribution in [0.2, 0.25) is 0 Å². The summed E-state index contributed by atoms with van der Waals surface area (Å²) in [5.41, 5.74) is -0.369. The van der Waals surface area contributed by atoms with E-state index in [-0.39, 0.29) is 16.5 Å². The van der Waals surface area contributed by atoms with E-state index in [1.165, 1.54) is 10.8 Å². The van der Waals surface area contributed by atoms with Gasteiger partial charge in [-0.2, -0.15) is 0 Å². The zero-order valence-corrected chi connectivity index (χ0v) is 9.04. The first-order chi connectivity index (χ1) is 8.08. The molecule has 0 spiro atoms. The monoisotopic (exact) mass is 237 g/mol. The smallest absolute Gasteiger partial charge is 0.199 e. The van der Waals surface area contributed by atoms with Crippen LogP contribution in [0.25, 0.3) is 10.9 Å². The number of nitrogens with zero attached hydrogens (tertiary/aromatic N) is 1. The highest BCUT2D eigenvalue weighted by Gasteiger charge is 2.12. The molecule has 0 aliphatic rings. The Morgan fingerprint density at radius 1 is 1.29 bits per heavy atom. The summed E-state index contributed by atoms with van der Waals surface area (Å²) >= 11 is 0. The minimum Gasteiger partial charge on any atom is -0.347 e. The Balaban J connectivity index is 3.00. The van der Waals surface area contributed by atoms with Crippen molar-refractivity contribution in [3.8, 4) is 0 Å². The Bertz CT molecular complexity index is 662. The lowest BCUT2D eigenvalue weighted by Gasteiger charge is -2.09. The molecule has 17 heavy (non-hydrogen) atoms. The van der Waals surface area contributed by atoms with Crippen LogP contribution in [0, 0.1) is 11.6 Å². The van der Waals surface area contributed by atoms with E-state index in [2.05, 4.69) is 0 Å². The largest absolute Gasteiger partial charge is 0.347 e. The van der Waals surface area contributed by atoms with Gasteiger partial charge in [-0.3, -0.25) is 9.59 Å². The van der Waals surface area contributed by atoms with Gasteiger partial charge < -0.3 is 4.57 Å². The molecule has 2 rings (SSSR count). The predicted octanol–water partition coefficient (Wildman–Crippen LogP) is 2.11. The summed E-state index contributed by atoms with van der Waals surface area (Å²) in [5, 5.41) is 0.00958. The van der Waals surface area contributed by atoms with E-state index in [0.717, 1.165) is 12.1 Å². The van der Waals surface area contributed by atoms with Gasteiger partial charge in [0, 0.05) is 24.2 Å². The Morgan fingerprint density at radius 3 is 2.53 bits per heavy atom. The number of aromatic nitrogens is 1. The number of rotatable bonds is 2. The zero-order valence-electron chi connectivity index (χ0n) is 9.04. The number of hydrogen-bond donors (Lipinski definition) is 0. The summed E-state index contributed by atoms with van der Waals surface area (Å²) in [6, 6.07) is 1.79. The molecular weight excluding hydrogens is 228 g/mol. The fraction of sp³-hybridized carbons (Fsp3) is 0.167. The second-order valence-corrected chi connectivity index (χ2v) is 3.60. The van der Waals surface area contributed by atoms with Crippen molar-refractivity contribution in [1.82, 2.24) is 4.57 Å². The minimum atomic E-state index is -1.10. The number of aldehydes is 1. The number of fused-ring (bicyclic) bond motifs is 1. The van der Waals surface area contributed by atoms with Gasteiger partial charge in [0.15, 0.2) is 23.3 Å². The van der Waals surface area contributed by atoms with Gasteiger partial charge in [0.25, 0.3) is 0 Å². The predicted molar refractivity (Wildman–Crippen MR) is 59.2 cm³/mol. The fourth-order valence-corrected chi connectivity index (χ4v) is 1.75. The lowest BCUT2D eigenvalue weighted by Crippen LogP contribution is -2.14. The van der Waals surface area contributed by atoms with Gasteiger partial charge in [-0.15, -0.1) is 0 Å². The first-order valence-electron chi connectivity index (χ1n) is 5.05. The number of benzene rings is 1. The molecule has 0 N–H and O–H groups in total. The van der Waals surface area contributed by atoms with Crippen LogP contribution in [0.4, 0.5) is 8.78 Å². The van der Waals surface area contributed by atoms with Crippen molar-refractivity contribution in [2.75, 3.05) is 0 Å². The van der Waals surface area contributed by atoms with Gasteiger partial charge >= 0.3 is 0 Å². The molecule has 0 saturated carbocycles. The molecule has 0 amide bonds. The lowest BCUT2D eigenvalue weighted by molar-refractivity contribution is 0.112. The zero-order chi connectivity index (χ0) is 12.6. The van der Waals surface area contributed by atoms with Crippen molar-refractivity contribution in [2.45, 2.75) is 13.5 Å². The van der Waals surface area contributed by atoms with Gasteiger partial charge in [0.2, 0.25) is 0 Å². The van der Waals surface area contributed by atoms with Crippen molar-refractivity contribution in [2.24, 2.45) is 0 Å². The van der Waals surface area contributed by atoms with Crippen molar-refractivity contribution < 1.29 is 13.6 Å². The third-order valence-corrected chi connectivity index (χ3v) is 2.62. The molecule has 0 aliphatic heterocycles. The number of carbonyl (C=O) groups is 1. The van der Waals surface area contributed by atoms with Crippen LogP contribution in [0.3, 0.4) is 0 Å². The maximum atomic E-state index is 13.1.